The SMILES string of the molecule is CC(C)C1=C(C(=O)N2C(C(=O)N3CCNC4(CC4)C3)CC[C@H]2C)SC2=NC(c3ccc(F)cc3)C(c3ccc(Cl)c(F)c3)N21. The highest BCUT2D eigenvalue weighted by Crippen LogP contribution is 2.54. The Labute approximate surface area is 265 Å². The zero-order chi connectivity index (χ0) is 30.9. The van der Waals surface area contributed by atoms with Crippen molar-refractivity contribution < 1.29 is 18.4 Å². The number of carbonyl (C=O) groups excluding carboxylic acids is 2. The van der Waals surface area contributed by atoms with Gasteiger partial charge in [-0.1, -0.05) is 43.6 Å². The molecule has 1 saturated carbocycles. The molecule has 3 unspecified atom stereocenters. The van der Waals surface area contributed by atoms with Gasteiger partial charge in [-0.05, 0) is 85.7 Å². The third kappa shape index (κ3) is 5.03. The van der Waals surface area contributed by atoms with E-state index in [4.69, 9.17) is 16.6 Å². The largest absolute Gasteiger partial charge is 0.338 e. The molecule has 1 spiro atoms. The molecule has 11 heteroatoms. The van der Waals surface area contributed by atoms with E-state index >= 15 is 0 Å². The fourth-order valence-corrected chi connectivity index (χ4v) is 8.67. The fourth-order valence-electron chi connectivity index (χ4n) is 7.26. The average Bonchev–Trinajstić information content (AvgIpc) is 3.30. The van der Waals surface area contributed by atoms with Crippen molar-refractivity contribution in [3.63, 3.8) is 0 Å². The van der Waals surface area contributed by atoms with Crippen molar-refractivity contribution in [2.75, 3.05) is 19.6 Å². The van der Waals surface area contributed by atoms with Crippen molar-refractivity contribution in [2.45, 2.75) is 76.2 Å². The molecule has 2 aromatic carbocycles. The van der Waals surface area contributed by atoms with E-state index in [1.54, 1.807) is 23.1 Å². The summed E-state index contributed by atoms with van der Waals surface area (Å²) in [5, 5.41) is 4.22. The highest BCUT2D eigenvalue weighted by atomic mass is 35.5. The van der Waals surface area contributed by atoms with Crippen LogP contribution in [0.5, 0.6) is 0 Å². The van der Waals surface area contributed by atoms with E-state index < -0.39 is 23.9 Å². The first kappa shape index (κ1) is 29.7. The van der Waals surface area contributed by atoms with Crippen molar-refractivity contribution in [1.29, 1.82) is 0 Å². The molecule has 2 amide bonds. The molecule has 2 aromatic rings. The van der Waals surface area contributed by atoms with Crippen LogP contribution in [0.1, 0.15) is 69.7 Å². The normalized spacial score (nSPS) is 27.4. The second kappa shape index (κ2) is 11.1. The van der Waals surface area contributed by atoms with Crippen LogP contribution in [0.15, 0.2) is 58.1 Å². The van der Waals surface area contributed by atoms with E-state index in [0.717, 1.165) is 37.1 Å². The van der Waals surface area contributed by atoms with Gasteiger partial charge in [-0.3, -0.25) is 14.6 Å². The standard InChI is InChI=1S/C33H36ClF2N5O2S/c1-18(2)27-29(31(43)40-19(3)4-11-25(40)30(42)39-15-14-37-33(17-39)12-13-33)44-32-38-26(20-5-8-22(35)9-6-20)28(41(27)32)21-7-10-23(34)24(36)16-21/h5-10,16,18-19,25-26,28,37H,4,11-15,17H2,1-3H3/t19-,25?,26?,28?/m1/s1. The number of carbonyl (C=O) groups is 2. The molecule has 4 aliphatic heterocycles. The van der Waals surface area contributed by atoms with Crippen LogP contribution < -0.4 is 5.32 Å². The lowest BCUT2D eigenvalue weighted by molar-refractivity contribution is -0.144. The first-order valence-corrected chi connectivity index (χ1v) is 16.6. The Morgan fingerprint density at radius 1 is 1.09 bits per heavy atom. The number of amides is 2. The van der Waals surface area contributed by atoms with Gasteiger partial charge in [-0.25, -0.2) is 8.78 Å². The number of thioether (sulfide) groups is 1. The van der Waals surface area contributed by atoms with E-state index in [-0.39, 0.29) is 40.2 Å². The number of fused-ring (bicyclic) bond motifs is 1. The first-order chi connectivity index (χ1) is 21.1. The molecule has 1 N–H and O–H groups in total. The van der Waals surface area contributed by atoms with Crippen LogP contribution >= 0.6 is 23.4 Å². The van der Waals surface area contributed by atoms with Crippen LogP contribution in [0.2, 0.25) is 5.02 Å². The Hall–Kier alpha value is -2.95. The molecule has 5 aliphatic rings. The molecule has 0 bridgehead atoms. The van der Waals surface area contributed by atoms with E-state index in [1.165, 1.54) is 36.0 Å². The molecule has 3 fully saturated rings. The van der Waals surface area contributed by atoms with Crippen molar-refractivity contribution in [3.05, 3.63) is 80.9 Å². The molecule has 44 heavy (non-hydrogen) atoms. The smallest absolute Gasteiger partial charge is 0.263 e. The highest BCUT2D eigenvalue weighted by molar-refractivity contribution is 8.18. The van der Waals surface area contributed by atoms with Gasteiger partial charge < -0.3 is 20.0 Å². The van der Waals surface area contributed by atoms with Gasteiger partial charge in [-0.15, -0.1) is 0 Å². The van der Waals surface area contributed by atoms with E-state index in [9.17, 15) is 18.4 Å². The summed E-state index contributed by atoms with van der Waals surface area (Å²) in [5.41, 5.74) is 2.30. The second-order valence-electron chi connectivity index (χ2n) is 13.0. The number of nitrogens with one attached hydrogen (secondary N) is 1. The zero-order valence-electron chi connectivity index (χ0n) is 25.0. The Morgan fingerprint density at radius 3 is 2.50 bits per heavy atom. The molecular weight excluding hydrogens is 604 g/mol. The summed E-state index contributed by atoms with van der Waals surface area (Å²) in [4.78, 5) is 39.8. The van der Waals surface area contributed by atoms with Gasteiger partial charge in [-0.2, -0.15) is 0 Å². The van der Waals surface area contributed by atoms with Gasteiger partial charge in [0.25, 0.3) is 5.91 Å². The summed E-state index contributed by atoms with van der Waals surface area (Å²) >= 11 is 7.37. The fraction of sp³-hybridized carbons (Fsp3) is 0.485. The van der Waals surface area contributed by atoms with Gasteiger partial charge in [0.05, 0.1) is 11.1 Å². The van der Waals surface area contributed by atoms with Crippen LogP contribution in [0.25, 0.3) is 0 Å². The lowest BCUT2D eigenvalue weighted by Crippen LogP contribution is -2.58. The molecule has 1 aliphatic carbocycles. The lowest BCUT2D eigenvalue weighted by atomic mass is 9.92. The molecule has 7 rings (SSSR count). The number of halogens is 3. The summed E-state index contributed by atoms with van der Waals surface area (Å²) in [5.74, 6) is -1.09. The highest BCUT2D eigenvalue weighted by Gasteiger charge is 2.52. The maximum atomic E-state index is 14.8. The maximum Gasteiger partial charge on any atom is 0.263 e. The van der Waals surface area contributed by atoms with Crippen molar-refractivity contribution >= 4 is 40.3 Å². The van der Waals surface area contributed by atoms with Gasteiger partial charge in [0.2, 0.25) is 5.91 Å². The quantitative estimate of drug-likeness (QED) is 0.433. The number of piperazine rings is 1. The van der Waals surface area contributed by atoms with Gasteiger partial charge in [0, 0.05) is 36.9 Å². The number of benzene rings is 2. The van der Waals surface area contributed by atoms with E-state index in [1.807, 2.05) is 30.6 Å². The molecule has 232 valence electrons. The number of aliphatic imine (C=N–C) groups is 1. The van der Waals surface area contributed by atoms with Crippen molar-refractivity contribution in [3.8, 4) is 0 Å². The third-order valence-electron chi connectivity index (χ3n) is 9.68. The number of nitrogens with zero attached hydrogens (tertiary/aromatic N) is 4. The lowest BCUT2D eigenvalue weighted by Gasteiger charge is -2.38. The van der Waals surface area contributed by atoms with Crippen molar-refractivity contribution in [2.24, 2.45) is 10.9 Å². The minimum atomic E-state index is -0.540. The van der Waals surface area contributed by atoms with E-state index in [2.05, 4.69) is 5.32 Å². The van der Waals surface area contributed by atoms with Crippen LogP contribution in [-0.2, 0) is 9.59 Å². The maximum absolute atomic E-state index is 14.8. The Morgan fingerprint density at radius 2 is 1.82 bits per heavy atom. The molecule has 7 nitrogen and oxygen atoms in total. The van der Waals surface area contributed by atoms with Gasteiger partial charge in [0.15, 0.2) is 5.17 Å². The van der Waals surface area contributed by atoms with Crippen LogP contribution in [0.3, 0.4) is 0 Å². The van der Waals surface area contributed by atoms with Crippen molar-refractivity contribution in [1.82, 2.24) is 20.0 Å². The monoisotopic (exact) mass is 639 g/mol. The molecule has 4 heterocycles. The molecule has 2 saturated heterocycles. The summed E-state index contributed by atoms with van der Waals surface area (Å²) in [6.07, 6.45) is 3.56. The predicted molar refractivity (Wildman–Crippen MR) is 168 cm³/mol. The Bertz CT molecular complexity index is 1580. The molecule has 4 atom stereocenters. The first-order valence-electron chi connectivity index (χ1n) is 15.4. The summed E-state index contributed by atoms with van der Waals surface area (Å²) in [7, 11) is 0. The van der Waals surface area contributed by atoms with E-state index in [0.29, 0.717) is 35.1 Å². The third-order valence-corrected chi connectivity index (χ3v) is 11.1. The number of amidine groups is 1. The number of hydrogen-bond acceptors (Lipinski definition) is 6. The van der Waals surface area contributed by atoms with Crippen LogP contribution in [0, 0.1) is 17.6 Å². The summed E-state index contributed by atoms with van der Waals surface area (Å²) < 4.78 is 28.7. The Balaban J connectivity index is 1.25. The topological polar surface area (TPSA) is 68.2 Å². The summed E-state index contributed by atoms with van der Waals surface area (Å²) in [6, 6.07) is 9.42. The zero-order valence-corrected chi connectivity index (χ0v) is 26.6. The van der Waals surface area contributed by atoms with Gasteiger partial charge in [0.1, 0.15) is 28.6 Å². The number of likely N-dealkylation sites (tertiary alicyclic amines) is 1. The van der Waals surface area contributed by atoms with Crippen LogP contribution in [-0.4, -0.2) is 68.9 Å². The Kier molecular flexibility index (Phi) is 7.53. The minimum absolute atomic E-state index is 0.0216. The predicted octanol–water partition coefficient (Wildman–Crippen LogP) is 6.03. The second-order valence-corrected chi connectivity index (χ2v) is 14.4. The average molecular weight is 640 g/mol. The number of allylic oxidation sites excluding steroid dienone is 1. The number of rotatable bonds is 5. The summed E-state index contributed by atoms with van der Waals surface area (Å²) in [6.45, 7) is 8.20. The van der Waals surface area contributed by atoms with Crippen LogP contribution in [0.4, 0.5) is 8.78 Å². The molecule has 0 radical (unpaired) electrons. The molecule has 0 aromatic heterocycles. The molecular formula is C33H36ClF2N5O2S. The van der Waals surface area contributed by atoms with Gasteiger partial charge >= 0.3 is 0 Å². The minimum Gasteiger partial charge on any atom is -0.338 e. The number of hydrogen-bond donors (Lipinski definition) is 1.